The van der Waals surface area contributed by atoms with Crippen molar-refractivity contribution in [2.45, 2.75) is 6.42 Å². The molecule has 0 rings (SSSR count). The first-order chi connectivity index (χ1) is 3.91. The smallest absolute Gasteiger partial charge is 0.0962 e. The first kappa shape index (κ1) is 8.27. The molecule has 0 saturated heterocycles. The van der Waals surface area contributed by atoms with Gasteiger partial charge in [-0.15, -0.1) is 0 Å². The molecule has 0 saturated carbocycles. The van der Waals surface area contributed by atoms with Crippen molar-refractivity contribution < 1.29 is 4.74 Å². The van der Waals surface area contributed by atoms with E-state index in [1.165, 1.54) is 0 Å². The maximum Gasteiger partial charge on any atom is 0.0962 e. The Hall–Kier alpha value is 0.270. The lowest BCUT2D eigenvalue weighted by Crippen LogP contribution is -2.12. The zero-order chi connectivity index (χ0) is 6.24. The third-order valence-electron chi connectivity index (χ3n) is 0.693. The molecule has 0 heterocycles. The van der Waals surface area contributed by atoms with Crippen molar-refractivity contribution in [1.29, 1.82) is 0 Å². The number of nitrogens with one attached hydrogen (secondary N) is 1. The summed E-state index contributed by atoms with van der Waals surface area (Å²) in [5, 5.41) is 2.88. The van der Waals surface area contributed by atoms with Gasteiger partial charge in [0.05, 0.1) is 6.73 Å². The first-order valence-electron chi connectivity index (χ1n) is 2.75. The Morgan fingerprint density at radius 1 is 1.62 bits per heavy atom. The van der Waals surface area contributed by atoms with Crippen LogP contribution in [-0.2, 0) is 4.74 Å². The van der Waals surface area contributed by atoms with Crippen LogP contribution in [0.4, 0.5) is 0 Å². The molecule has 0 aliphatic carbocycles. The number of rotatable bonds is 5. The van der Waals surface area contributed by atoms with E-state index in [2.05, 4.69) is 17.9 Å². The molecule has 0 spiro atoms. The second-order valence-corrected chi connectivity index (χ2v) is 1.93. The maximum atomic E-state index is 5.06. The molecule has 50 valence electrons. The summed E-state index contributed by atoms with van der Waals surface area (Å²) in [6, 6.07) is 0. The second-order valence-electron chi connectivity index (χ2n) is 1.48. The summed E-state index contributed by atoms with van der Waals surface area (Å²) in [5.41, 5.74) is 0. The summed E-state index contributed by atoms with van der Waals surface area (Å²) in [6.45, 7) is 1.46. The predicted octanol–water partition coefficient (Wildman–Crippen LogP) is 0.500. The summed E-state index contributed by atoms with van der Waals surface area (Å²) in [5.74, 6) is 0.906. The van der Waals surface area contributed by atoms with Gasteiger partial charge < -0.3 is 4.74 Å². The van der Waals surface area contributed by atoms with Crippen LogP contribution in [-0.4, -0.2) is 26.1 Å². The Balaban J connectivity index is 2.53. The van der Waals surface area contributed by atoms with Gasteiger partial charge in [-0.3, -0.25) is 5.32 Å². The minimum atomic E-state index is 0.647. The van der Waals surface area contributed by atoms with Crippen molar-refractivity contribution in [2.75, 3.05) is 26.1 Å². The molecule has 0 aromatic carbocycles. The van der Waals surface area contributed by atoms with Crippen molar-refractivity contribution in [3.05, 3.63) is 0 Å². The molecule has 0 atom stereocenters. The maximum absolute atomic E-state index is 5.06. The number of hydrogen-bond donors (Lipinski definition) is 2. The summed E-state index contributed by atoms with van der Waals surface area (Å²) >= 11 is 4.02. The highest BCUT2D eigenvalue weighted by atomic mass is 32.1. The largest absolute Gasteiger partial charge is 0.366 e. The van der Waals surface area contributed by atoms with Crippen LogP contribution in [0, 0.1) is 0 Å². The summed E-state index contributed by atoms with van der Waals surface area (Å²) in [6.07, 6.45) is 1.03. The van der Waals surface area contributed by atoms with E-state index in [0.717, 1.165) is 18.8 Å². The average Bonchev–Trinajstić information content (AvgIpc) is 1.81. The standard InChI is InChI=1S/C5H13NOS/c1-6-5-7-3-2-4-8/h6,8H,2-5H2,1H3. The highest BCUT2D eigenvalue weighted by molar-refractivity contribution is 7.80. The Labute approximate surface area is 56.0 Å². The molecule has 0 aromatic heterocycles. The van der Waals surface area contributed by atoms with Gasteiger partial charge in [0.2, 0.25) is 0 Å². The Morgan fingerprint density at radius 2 is 2.38 bits per heavy atom. The molecule has 0 aromatic rings. The van der Waals surface area contributed by atoms with Crippen LogP contribution in [0.3, 0.4) is 0 Å². The van der Waals surface area contributed by atoms with E-state index < -0.39 is 0 Å². The lowest BCUT2D eigenvalue weighted by molar-refractivity contribution is 0.123. The van der Waals surface area contributed by atoms with E-state index in [-0.39, 0.29) is 0 Å². The Bertz CT molecular complexity index is 37.4. The summed E-state index contributed by atoms with van der Waals surface area (Å²) in [4.78, 5) is 0. The summed E-state index contributed by atoms with van der Waals surface area (Å²) in [7, 11) is 1.86. The molecule has 0 unspecified atom stereocenters. The SMILES string of the molecule is CNCOCCCS. The van der Waals surface area contributed by atoms with Crippen molar-refractivity contribution >= 4 is 12.6 Å². The topological polar surface area (TPSA) is 21.3 Å². The molecule has 1 N–H and O–H groups in total. The Morgan fingerprint density at radius 3 is 2.88 bits per heavy atom. The monoisotopic (exact) mass is 135 g/mol. The number of hydrogen-bond acceptors (Lipinski definition) is 3. The van der Waals surface area contributed by atoms with Crippen molar-refractivity contribution in [1.82, 2.24) is 5.32 Å². The van der Waals surface area contributed by atoms with E-state index in [0.29, 0.717) is 6.73 Å². The molecule has 0 fully saturated rings. The van der Waals surface area contributed by atoms with Crippen molar-refractivity contribution in [3.63, 3.8) is 0 Å². The molecular weight excluding hydrogens is 122 g/mol. The van der Waals surface area contributed by atoms with E-state index in [4.69, 9.17) is 4.74 Å². The van der Waals surface area contributed by atoms with Crippen LogP contribution in [0.1, 0.15) is 6.42 Å². The molecule has 0 amide bonds. The zero-order valence-electron chi connectivity index (χ0n) is 5.18. The van der Waals surface area contributed by atoms with Gasteiger partial charge in [-0.1, -0.05) is 0 Å². The molecule has 3 heteroatoms. The van der Waals surface area contributed by atoms with Gasteiger partial charge in [0, 0.05) is 6.61 Å². The van der Waals surface area contributed by atoms with E-state index in [1.807, 2.05) is 7.05 Å². The fourth-order valence-corrected chi connectivity index (χ4v) is 0.470. The predicted molar refractivity (Wildman–Crippen MR) is 38.3 cm³/mol. The molecular formula is C5H13NOS. The highest BCUT2D eigenvalue weighted by Crippen LogP contribution is 1.82. The zero-order valence-corrected chi connectivity index (χ0v) is 6.08. The third-order valence-corrected chi connectivity index (χ3v) is 1.01. The summed E-state index contributed by atoms with van der Waals surface area (Å²) < 4.78 is 5.06. The van der Waals surface area contributed by atoms with Gasteiger partial charge in [-0.25, -0.2) is 0 Å². The molecule has 2 nitrogen and oxygen atoms in total. The van der Waals surface area contributed by atoms with Gasteiger partial charge in [0.1, 0.15) is 0 Å². The normalized spacial score (nSPS) is 9.75. The van der Waals surface area contributed by atoms with Crippen LogP contribution in [0.2, 0.25) is 0 Å². The minimum absolute atomic E-state index is 0.647. The number of thiol groups is 1. The quantitative estimate of drug-likeness (QED) is 0.325. The highest BCUT2D eigenvalue weighted by Gasteiger charge is 1.81. The fourth-order valence-electron chi connectivity index (χ4n) is 0.341. The molecule has 0 radical (unpaired) electrons. The van der Waals surface area contributed by atoms with Crippen LogP contribution in [0.15, 0.2) is 0 Å². The van der Waals surface area contributed by atoms with E-state index in [1.54, 1.807) is 0 Å². The first-order valence-corrected chi connectivity index (χ1v) is 3.38. The van der Waals surface area contributed by atoms with Gasteiger partial charge in [-0.05, 0) is 19.2 Å². The second kappa shape index (κ2) is 7.27. The average molecular weight is 135 g/mol. The van der Waals surface area contributed by atoms with Crippen LogP contribution >= 0.6 is 12.6 Å². The van der Waals surface area contributed by atoms with Gasteiger partial charge in [0.15, 0.2) is 0 Å². The molecule has 0 aliphatic heterocycles. The van der Waals surface area contributed by atoms with Crippen LogP contribution in [0.25, 0.3) is 0 Å². The lowest BCUT2D eigenvalue weighted by atomic mass is 10.5. The van der Waals surface area contributed by atoms with Gasteiger partial charge in [0.25, 0.3) is 0 Å². The van der Waals surface area contributed by atoms with E-state index in [9.17, 15) is 0 Å². The van der Waals surface area contributed by atoms with Gasteiger partial charge >= 0.3 is 0 Å². The van der Waals surface area contributed by atoms with Gasteiger partial charge in [-0.2, -0.15) is 12.6 Å². The third kappa shape index (κ3) is 6.27. The van der Waals surface area contributed by atoms with Crippen molar-refractivity contribution in [2.24, 2.45) is 0 Å². The molecule has 8 heavy (non-hydrogen) atoms. The van der Waals surface area contributed by atoms with Crippen LogP contribution in [0.5, 0.6) is 0 Å². The van der Waals surface area contributed by atoms with Crippen LogP contribution < -0.4 is 5.32 Å². The van der Waals surface area contributed by atoms with E-state index >= 15 is 0 Å². The molecule has 0 bridgehead atoms. The number of ether oxygens (including phenoxy) is 1. The lowest BCUT2D eigenvalue weighted by Gasteiger charge is -1.98. The molecule has 0 aliphatic rings. The van der Waals surface area contributed by atoms with Crippen molar-refractivity contribution in [3.8, 4) is 0 Å². The fraction of sp³-hybridized carbons (Fsp3) is 1.00. The Kier molecular flexibility index (Phi) is 7.52. The minimum Gasteiger partial charge on any atom is -0.366 e.